The van der Waals surface area contributed by atoms with Crippen molar-refractivity contribution < 1.29 is 4.79 Å². The van der Waals surface area contributed by atoms with Crippen molar-refractivity contribution in [3.63, 3.8) is 0 Å². The molecule has 2 N–H and O–H groups in total. The van der Waals surface area contributed by atoms with Gasteiger partial charge in [0.05, 0.1) is 12.1 Å². The van der Waals surface area contributed by atoms with E-state index in [1.54, 1.807) is 6.20 Å². The first-order valence-corrected chi connectivity index (χ1v) is 7.19. The Hall–Kier alpha value is -1.42. The van der Waals surface area contributed by atoms with Gasteiger partial charge in [0.25, 0.3) is 0 Å². The summed E-state index contributed by atoms with van der Waals surface area (Å²) < 4.78 is 0. The average molecular weight is 259 g/mol. The van der Waals surface area contributed by atoms with Crippen LogP contribution in [0.3, 0.4) is 0 Å². The second-order valence-electron chi connectivity index (χ2n) is 5.76. The van der Waals surface area contributed by atoms with Crippen LogP contribution in [0, 0.1) is 11.8 Å². The minimum absolute atomic E-state index is 0.00613. The lowest BCUT2D eigenvalue weighted by molar-refractivity contribution is -0.124. The Kier molecular flexibility index (Phi) is 3.51. The van der Waals surface area contributed by atoms with E-state index in [0.717, 1.165) is 12.1 Å². The minimum Gasteiger partial charge on any atom is -0.348 e. The van der Waals surface area contributed by atoms with Gasteiger partial charge in [-0.15, -0.1) is 0 Å². The van der Waals surface area contributed by atoms with Crippen LogP contribution in [0.1, 0.15) is 37.8 Å². The molecular formula is C15H21N3O. The summed E-state index contributed by atoms with van der Waals surface area (Å²) >= 11 is 0. The van der Waals surface area contributed by atoms with Crippen LogP contribution in [0.5, 0.6) is 0 Å². The van der Waals surface area contributed by atoms with Gasteiger partial charge in [-0.2, -0.15) is 0 Å². The molecule has 4 atom stereocenters. The van der Waals surface area contributed by atoms with Crippen molar-refractivity contribution in [2.24, 2.45) is 11.8 Å². The highest BCUT2D eigenvalue weighted by Crippen LogP contribution is 2.37. The lowest BCUT2D eigenvalue weighted by Crippen LogP contribution is -2.44. The zero-order chi connectivity index (χ0) is 13.2. The lowest BCUT2D eigenvalue weighted by atomic mass is 9.93. The van der Waals surface area contributed by atoms with E-state index in [0.29, 0.717) is 11.8 Å². The molecule has 0 bridgehead atoms. The largest absolute Gasteiger partial charge is 0.348 e. The quantitative estimate of drug-likeness (QED) is 0.868. The van der Waals surface area contributed by atoms with E-state index in [1.807, 2.05) is 25.3 Å². The zero-order valence-corrected chi connectivity index (χ0v) is 11.3. The zero-order valence-electron chi connectivity index (χ0n) is 11.3. The SMILES string of the molecule is C[C@H](NC(=O)C1NCC2CCCC21)c1cccnc1. The number of carbonyl (C=O) groups is 1. The number of nitrogens with zero attached hydrogens (tertiary/aromatic N) is 1. The van der Waals surface area contributed by atoms with E-state index < -0.39 is 0 Å². The number of hydrogen-bond donors (Lipinski definition) is 2. The second kappa shape index (κ2) is 5.29. The summed E-state index contributed by atoms with van der Waals surface area (Å²) in [6, 6.07) is 3.92. The van der Waals surface area contributed by atoms with Gasteiger partial charge in [0, 0.05) is 12.4 Å². The molecule has 1 saturated heterocycles. The summed E-state index contributed by atoms with van der Waals surface area (Å²) in [5, 5.41) is 6.50. The first-order valence-electron chi connectivity index (χ1n) is 7.19. The van der Waals surface area contributed by atoms with Gasteiger partial charge in [-0.3, -0.25) is 9.78 Å². The summed E-state index contributed by atoms with van der Waals surface area (Å²) in [6.07, 6.45) is 7.31. The average Bonchev–Trinajstić information content (AvgIpc) is 3.01. The Bertz CT molecular complexity index is 448. The van der Waals surface area contributed by atoms with Crippen LogP contribution >= 0.6 is 0 Å². The number of nitrogens with one attached hydrogen (secondary N) is 2. The van der Waals surface area contributed by atoms with Crippen molar-refractivity contribution in [3.05, 3.63) is 30.1 Å². The van der Waals surface area contributed by atoms with Gasteiger partial charge in [-0.05, 0) is 49.8 Å². The molecule has 2 aliphatic rings. The molecule has 0 radical (unpaired) electrons. The number of pyridine rings is 1. The Morgan fingerprint density at radius 3 is 3.21 bits per heavy atom. The number of aromatic nitrogens is 1. The lowest BCUT2D eigenvalue weighted by Gasteiger charge is -2.21. The topological polar surface area (TPSA) is 54.0 Å². The first-order chi connectivity index (χ1) is 9.25. The molecule has 4 nitrogen and oxygen atoms in total. The van der Waals surface area contributed by atoms with Crippen LogP contribution in [0.2, 0.25) is 0 Å². The summed E-state index contributed by atoms with van der Waals surface area (Å²) in [4.78, 5) is 16.5. The molecule has 2 fully saturated rings. The molecule has 3 unspecified atom stereocenters. The number of carbonyl (C=O) groups excluding carboxylic acids is 1. The molecule has 3 rings (SSSR count). The van der Waals surface area contributed by atoms with Crippen molar-refractivity contribution >= 4 is 5.91 Å². The predicted molar refractivity (Wildman–Crippen MR) is 73.4 cm³/mol. The van der Waals surface area contributed by atoms with E-state index in [4.69, 9.17) is 0 Å². The molecule has 1 amide bonds. The fraction of sp³-hybridized carbons (Fsp3) is 0.600. The first kappa shape index (κ1) is 12.6. The van der Waals surface area contributed by atoms with Crippen LogP contribution in [-0.2, 0) is 4.79 Å². The molecule has 1 aliphatic heterocycles. The van der Waals surface area contributed by atoms with Crippen LogP contribution in [-0.4, -0.2) is 23.5 Å². The fourth-order valence-corrected chi connectivity index (χ4v) is 3.49. The maximum absolute atomic E-state index is 12.4. The van der Waals surface area contributed by atoms with Crippen molar-refractivity contribution in [2.45, 2.75) is 38.3 Å². The predicted octanol–water partition coefficient (Wildman–Crippen LogP) is 1.65. The Balaban J connectivity index is 1.62. The van der Waals surface area contributed by atoms with Gasteiger partial charge in [0.15, 0.2) is 0 Å². The maximum atomic E-state index is 12.4. The Labute approximate surface area is 114 Å². The van der Waals surface area contributed by atoms with Gasteiger partial charge in [-0.1, -0.05) is 12.5 Å². The number of rotatable bonds is 3. The summed E-state index contributed by atoms with van der Waals surface area (Å²) in [5.74, 6) is 1.40. The van der Waals surface area contributed by atoms with Gasteiger partial charge in [-0.25, -0.2) is 0 Å². The second-order valence-corrected chi connectivity index (χ2v) is 5.76. The highest BCUT2D eigenvalue weighted by molar-refractivity contribution is 5.83. The van der Waals surface area contributed by atoms with E-state index in [-0.39, 0.29) is 18.0 Å². The van der Waals surface area contributed by atoms with Gasteiger partial charge < -0.3 is 10.6 Å². The van der Waals surface area contributed by atoms with E-state index in [1.165, 1.54) is 19.3 Å². The summed E-state index contributed by atoms with van der Waals surface area (Å²) in [6.45, 7) is 3.01. The molecule has 4 heteroatoms. The van der Waals surface area contributed by atoms with Crippen LogP contribution < -0.4 is 10.6 Å². The van der Waals surface area contributed by atoms with Crippen molar-refractivity contribution in [1.82, 2.24) is 15.6 Å². The van der Waals surface area contributed by atoms with Crippen LogP contribution in [0.4, 0.5) is 0 Å². The van der Waals surface area contributed by atoms with E-state index in [2.05, 4.69) is 15.6 Å². The third kappa shape index (κ3) is 2.50. The highest BCUT2D eigenvalue weighted by Gasteiger charge is 2.42. The molecule has 0 aromatic carbocycles. The smallest absolute Gasteiger partial charge is 0.237 e. The maximum Gasteiger partial charge on any atom is 0.237 e. The van der Waals surface area contributed by atoms with Gasteiger partial charge in [0.1, 0.15) is 0 Å². The van der Waals surface area contributed by atoms with Gasteiger partial charge >= 0.3 is 0 Å². The van der Waals surface area contributed by atoms with Crippen molar-refractivity contribution in [2.75, 3.05) is 6.54 Å². The summed E-state index contributed by atoms with van der Waals surface area (Å²) in [7, 11) is 0. The standard InChI is InChI=1S/C15H21N3O/c1-10(11-5-3-7-16-8-11)18-15(19)14-13-6-2-4-12(13)9-17-14/h3,5,7-8,10,12-14,17H,2,4,6,9H2,1H3,(H,18,19)/t10-,12?,13?,14?/m0/s1. The number of fused-ring (bicyclic) bond motifs is 1. The molecule has 19 heavy (non-hydrogen) atoms. The van der Waals surface area contributed by atoms with Crippen LogP contribution in [0.15, 0.2) is 24.5 Å². The molecule has 1 aliphatic carbocycles. The van der Waals surface area contributed by atoms with Crippen molar-refractivity contribution in [1.29, 1.82) is 0 Å². The molecule has 1 aromatic rings. The highest BCUT2D eigenvalue weighted by atomic mass is 16.2. The van der Waals surface area contributed by atoms with E-state index >= 15 is 0 Å². The molecule has 0 spiro atoms. The number of amides is 1. The Morgan fingerprint density at radius 1 is 1.53 bits per heavy atom. The Morgan fingerprint density at radius 2 is 2.42 bits per heavy atom. The monoisotopic (exact) mass is 259 g/mol. The molecular weight excluding hydrogens is 238 g/mol. The molecule has 102 valence electrons. The molecule has 1 aromatic heterocycles. The summed E-state index contributed by atoms with van der Waals surface area (Å²) in [5.41, 5.74) is 1.05. The number of hydrogen-bond acceptors (Lipinski definition) is 3. The van der Waals surface area contributed by atoms with Gasteiger partial charge in [0.2, 0.25) is 5.91 Å². The third-order valence-corrected chi connectivity index (χ3v) is 4.57. The molecule has 1 saturated carbocycles. The normalized spacial score (nSPS) is 30.9. The third-order valence-electron chi connectivity index (χ3n) is 4.57. The van der Waals surface area contributed by atoms with E-state index in [9.17, 15) is 4.79 Å². The van der Waals surface area contributed by atoms with Crippen LogP contribution in [0.25, 0.3) is 0 Å². The minimum atomic E-state index is 0.00613. The molecule has 2 heterocycles. The van der Waals surface area contributed by atoms with Crippen molar-refractivity contribution in [3.8, 4) is 0 Å². The fourth-order valence-electron chi connectivity index (χ4n) is 3.49.